The Kier molecular flexibility index (Phi) is 5.00. The second-order valence-electron chi connectivity index (χ2n) is 5.32. The van der Waals surface area contributed by atoms with Crippen LogP contribution in [0.15, 0.2) is 24.3 Å². The van der Waals surface area contributed by atoms with Crippen LogP contribution in [-0.2, 0) is 0 Å². The molecule has 1 fully saturated rings. The number of ketones is 1. The molecule has 0 spiro atoms. The number of carbonyl (C=O) groups excluding carboxylic acids is 1. The van der Waals surface area contributed by atoms with E-state index in [1.54, 1.807) is 12.1 Å². The summed E-state index contributed by atoms with van der Waals surface area (Å²) in [6.07, 6.45) is 5.03. The van der Waals surface area contributed by atoms with Gasteiger partial charge in [-0.2, -0.15) is 0 Å². The number of benzene rings is 1. The summed E-state index contributed by atoms with van der Waals surface area (Å²) >= 11 is 5.97. The third-order valence-corrected chi connectivity index (χ3v) is 4.38. The second kappa shape index (κ2) is 6.53. The summed E-state index contributed by atoms with van der Waals surface area (Å²) in [5.41, 5.74) is 0.719. The predicted molar refractivity (Wildman–Crippen MR) is 79.9 cm³/mol. The Morgan fingerprint density at radius 1 is 1.42 bits per heavy atom. The van der Waals surface area contributed by atoms with E-state index in [0.717, 1.165) is 12.1 Å². The van der Waals surface area contributed by atoms with Gasteiger partial charge in [0.1, 0.15) is 0 Å². The van der Waals surface area contributed by atoms with Crippen molar-refractivity contribution >= 4 is 17.4 Å². The van der Waals surface area contributed by atoms with Crippen molar-refractivity contribution in [3.8, 4) is 0 Å². The zero-order chi connectivity index (χ0) is 13.8. The van der Waals surface area contributed by atoms with Crippen LogP contribution >= 0.6 is 11.6 Å². The molecule has 0 heterocycles. The van der Waals surface area contributed by atoms with Gasteiger partial charge in [-0.15, -0.1) is 0 Å². The molecule has 1 atom stereocenters. The first kappa shape index (κ1) is 14.5. The van der Waals surface area contributed by atoms with E-state index in [-0.39, 0.29) is 11.8 Å². The number of Topliss-reactive ketones (excluding diaryl/α,β-unsaturated/α-hetero) is 1. The summed E-state index contributed by atoms with van der Waals surface area (Å²) in [6, 6.07) is 7.77. The average Bonchev–Trinajstić information content (AvgIpc) is 2.92. The zero-order valence-electron chi connectivity index (χ0n) is 11.7. The second-order valence-corrected chi connectivity index (χ2v) is 5.76. The predicted octanol–water partition coefficient (Wildman–Crippen LogP) is 4.18. The van der Waals surface area contributed by atoms with Gasteiger partial charge in [-0.25, -0.2) is 0 Å². The molecule has 1 unspecified atom stereocenters. The van der Waals surface area contributed by atoms with Crippen LogP contribution in [0.25, 0.3) is 0 Å². The molecule has 0 amide bonds. The Morgan fingerprint density at radius 3 is 2.68 bits per heavy atom. The zero-order valence-corrected chi connectivity index (χ0v) is 12.5. The molecule has 1 aliphatic carbocycles. The van der Waals surface area contributed by atoms with Crippen LogP contribution in [0, 0.1) is 0 Å². The molecule has 1 aromatic rings. The molecule has 1 aliphatic rings. The van der Waals surface area contributed by atoms with Crippen molar-refractivity contribution in [3.63, 3.8) is 0 Å². The van der Waals surface area contributed by atoms with Crippen LogP contribution in [0.5, 0.6) is 0 Å². The van der Waals surface area contributed by atoms with Crippen molar-refractivity contribution in [2.75, 3.05) is 6.54 Å². The van der Waals surface area contributed by atoms with Gasteiger partial charge in [0.2, 0.25) is 0 Å². The standard InChI is InChI=1S/C16H22ClNO/c1-3-18(15-9-4-5-10-15)12(2)16(19)13-7-6-8-14(17)11-13/h6-8,11-12,15H,3-5,9-10H2,1-2H3. The summed E-state index contributed by atoms with van der Waals surface area (Å²) in [7, 11) is 0. The first-order valence-electron chi connectivity index (χ1n) is 7.19. The molecule has 104 valence electrons. The highest BCUT2D eigenvalue weighted by Crippen LogP contribution is 2.26. The Balaban J connectivity index is 2.12. The summed E-state index contributed by atoms with van der Waals surface area (Å²) in [5.74, 6) is 0.177. The number of halogens is 1. The van der Waals surface area contributed by atoms with Gasteiger partial charge in [-0.1, -0.05) is 43.5 Å². The topological polar surface area (TPSA) is 20.3 Å². The molecule has 1 aromatic carbocycles. The number of hydrogen-bond donors (Lipinski definition) is 0. The van der Waals surface area contributed by atoms with Gasteiger partial charge in [0.25, 0.3) is 0 Å². The van der Waals surface area contributed by atoms with Crippen LogP contribution in [0.1, 0.15) is 49.9 Å². The van der Waals surface area contributed by atoms with Crippen molar-refractivity contribution < 1.29 is 4.79 Å². The maximum Gasteiger partial charge on any atom is 0.179 e. The van der Waals surface area contributed by atoms with E-state index in [0.29, 0.717) is 11.1 Å². The number of hydrogen-bond acceptors (Lipinski definition) is 2. The largest absolute Gasteiger partial charge is 0.292 e. The highest BCUT2D eigenvalue weighted by molar-refractivity contribution is 6.31. The lowest BCUT2D eigenvalue weighted by molar-refractivity contribution is 0.0775. The first-order valence-corrected chi connectivity index (χ1v) is 7.56. The minimum absolute atomic E-state index is 0.0634. The SMILES string of the molecule is CCN(C1CCCC1)C(C)C(=O)c1cccc(Cl)c1. The Bertz CT molecular complexity index is 440. The highest BCUT2D eigenvalue weighted by atomic mass is 35.5. The Morgan fingerprint density at radius 2 is 2.11 bits per heavy atom. The fraction of sp³-hybridized carbons (Fsp3) is 0.562. The van der Waals surface area contributed by atoms with E-state index in [2.05, 4.69) is 11.8 Å². The van der Waals surface area contributed by atoms with Crippen LogP contribution < -0.4 is 0 Å². The summed E-state index contributed by atoms with van der Waals surface area (Å²) in [6.45, 7) is 5.09. The maximum atomic E-state index is 12.6. The lowest BCUT2D eigenvalue weighted by atomic mass is 10.0. The molecule has 2 rings (SSSR count). The molecular formula is C16H22ClNO. The van der Waals surface area contributed by atoms with E-state index in [4.69, 9.17) is 11.6 Å². The lowest BCUT2D eigenvalue weighted by Gasteiger charge is -2.32. The molecule has 0 bridgehead atoms. The summed E-state index contributed by atoms with van der Waals surface area (Å²) < 4.78 is 0. The fourth-order valence-electron chi connectivity index (χ4n) is 3.12. The van der Waals surface area contributed by atoms with Crippen LogP contribution in [0.2, 0.25) is 5.02 Å². The minimum atomic E-state index is -0.0634. The smallest absolute Gasteiger partial charge is 0.179 e. The Labute approximate surface area is 120 Å². The van der Waals surface area contributed by atoms with Crippen molar-refractivity contribution in [2.45, 2.75) is 51.6 Å². The minimum Gasteiger partial charge on any atom is -0.292 e. The van der Waals surface area contributed by atoms with Gasteiger partial charge in [0, 0.05) is 16.6 Å². The molecule has 0 aromatic heterocycles. The third kappa shape index (κ3) is 3.37. The van der Waals surface area contributed by atoms with Crippen LogP contribution in [0.4, 0.5) is 0 Å². The van der Waals surface area contributed by atoms with Gasteiger partial charge in [-0.3, -0.25) is 9.69 Å². The van der Waals surface area contributed by atoms with Crippen molar-refractivity contribution in [1.82, 2.24) is 4.90 Å². The van der Waals surface area contributed by atoms with Gasteiger partial charge < -0.3 is 0 Å². The van der Waals surface area contributed by atoms with Gasteiger partial charge >= 0.3 is 0 Å². The maximum absolute atomic E-state index is 12.6. The highest BCUT2D eigenvalue weighted by Gasteiger charge is 2.29. The molecule has 19 heavy (non-hydrogen) atoms. The molecule has 0 radical (unpaired) electrons. The molecule has 2 nitrogen and oxygen atoms in total. The van der Waals surface area contributed by atoms with Crippen LogP contribution in [0.3, 0.4) is 0 Å². The monoisotopic (exact) mass is 279 g/mol. The quantitative estimate of drug-likeness (QED) is 0.754. The Hall–Kier alpha value is -0.860. The summed E-state index contributed by atoms with van der Waals surface area (Å²) in [4.78, 5) is 14.9. The van der Waals surface area contributed by atoms with E-state index in [1.807, 2.05) is 19.1 Å². The normalized spacial score (nSPS) is 17.9. The lowest BCUT2D eigenvalue weighted by Crippen LogP contribution is -2.44. The fourth-order valence-corrected chi connectivity index (χ4v) is 3.31. The van der Waals surface area contributed by atoms with E-state index >= 15 is 0 Å². The number of carbonyl (C=O) groups is 1. The number of nitrogens with zero attached hydrogens (tertiary/aromatic N) is 1. The average molecular weight is 280 g/mol. The van der Waals surface area contributed by atoms with Gasteiger partial charge in [0.05, 0.1) is 6.04 Å². The van der Waals surface area contributed by atoms with Gasteiger partial charge in [-0.05, 0) is 38.4 Å². The van der Waals surface area contributed by atoms with Crippen molar-refractivity contribution in [2.24, 2.45) is 0 Å². The van der Waals surface area contributed by atoms with Gasteiger partial charge in [0.15, 0.2) is 5.78 Å². The van der Waals surface area contributed by atoms with Crippen molar-refractivity contribution in [1.29, 1.82) is 0 Å². The molecular weight excluding hydrogens is 258 g/mol. The molecule has 1 saturated carbocycles. The number of likely N-dealkylation sites (N-methyl/N-ethyl adjacent to an activating group) is 1. The van der Waals surface area contributed by atoms with Crippen LogP contribution in [-0.4, -0.2) is 29.3 Å². The molecule has 0 aliphatic heterocycles. The first-order chi connectivity index (χ1) is 9.13. The summed E-state index contributed by atoms with van der Waals surface area (Å²) in [5, 5.41) is 0.627. The van der Waals surface area contributed by atoms with E-state index in [1.165, 1.54) is 25.7 Å². The molecule has 0 N–H and O–H groups in total. The third-order valence-electron chi connectivity index (χ3n) is 4.14. The van der Waals surface area contributed by atoms with E-state index in [9.17, 15) is 4.79 Å². The van der Waals surface area contributed by atoms with E-state index < -0.39 is 0 Å². The molecule has 3 heteroatoms. The molecule has 0 saturated heterocycles. The van der Waals surface area contributed by atoms with Crippen molar-refractivity contribution in [3.05, 3.63) is 34.9 Å². The number of rotatable bonds is 5.